The van der Waals surface area contributed by atoms with Crippen LogP contribution in [0.2, 0.25) is 0 Å². The first-order valence-electron chi connectivity index (χ1n) is 10.7. The molecule has 0 spiro atoms. The molecule has 1 aliphatic rings. The van der Waals surface area contributed by atoms with Crippen LogP contribution >= 0.6 is 0 Å². The molecule has 4 rings (SSSR count). The molecule has 1 amide bonds. The quantitative estimate of drug-likeness (QED) is 0.562. The van der Waals surface area contributed by atoms with Gasteiger partial charge < -0.3 is 14.4 Å². The van der Waals surface area contributed by atoms with Crippen LogP contribution in [0.5, 0.6) is 0 Å². The second kappa shape index (κ2) is 9.36. The van der Waals surface area contributed by atoms with E-state index in [1.807, 2.05) is 0 Å². The zero-order chi connectivity index (χ0) is 21.7. The Balaban J connectivity index is 1.34. The Morgan fingerprint density at radius 2 is 1.81 bits per heavy atom. The molecule has 164 valence electrons. The Kier molecular flexibility index (Phi) is 6.39. The second-order valence-corrected chi connectivity index (χ2v) is 8.05. The van der Waals surface area contributed by atoms with Crippen molar-refractivity contribution >= 4 is 5.91 Å². The van der Waals surface area contributed by atoms with E-state index in [1.54, 1.807) is 19.1 Å². The summed E-state index contributed by atoms with van der Waals surface area (Å²) in [5, 5.41) is 11.2. The van der Waals surface area contributed by atoms with E-state index in [4.69, 9.17) is 9.05 Å². The Labute approximate surface area is 179 Å². The lowest BCUT2D eigenvalue weighted by atomic mass is 9.89. The third-order valence-corrected chi connectivity index (χ3v) is 5.66. The van der Waals surface area contributed by atoms with Crippen molar-refractivity contribution in [1.29, 1.82) is 0 Å². The maximum absolute atomic E-state index is 13.1. The molecule has 1 aromatic carbocycles. The van der Waals surface area contributed by atoms with Crippen LogP contribution < -0.4 is 5.32 Å². The van der Waals surface area contributed by atoms with Crippen molar-refractivity contribution in [2.75, 3.05) is 0 Å². The van der Waals surface area contributed by atoms with Gasteiger partial charge in [0.1, 0.15) is 11.4 Å². The number of aromatic nitrogens is 4. The number of halogens is 1. The number of rotatable bonds is 7. The minimum absolute atomic E-state index is 0.0531. The lowest BCUT2D eigenvalue weighted by molar-refractivity contribution is -0.123. The summed E-state index contributed by atoms with van der Waals surface area (Å²) in [6.07, 6.45) is 7.31. The van der Waals surface area contributed by atoms with E-state index in [0.29, 0.717) is 48.3 Å². The summed E-state index contributed by atoms with van der Waals surface area (Å²) in [6, 6.07) is 5.90. The average molecular weight is 427 g/mol. The molecule has 2 aromatic heterocycles. The van der Waals surface area contributed by atoms with Gasteiger partial charge in [0.05, 0.1) is 0 Å². The minimum atomic E-state index is -0.564. The fourth-order valence-electron chi connectivity index (χ4n) is 4.03. The van der Waals surface area contributed by atoms with Gasteiger partial charge in [-0.15, -0.1) is 0 Å². The fourth-order valence-corrected chi connectivity index (χ4v) is 4.03. The SMILES string of the molecule is Cc1nc(C2(NC(=O)CCCc3nc(-c4ccc(F)cc4)no3)CCCCCC2)no1. The summed E-state index contributed by atoms with van der Waals surface area (Å²) in [7, 11) is 0. The maximum atomic E-state index is 13.1. The predicted molar refractivity (Wildman–Crippen MR) is 109 cm³/mol. The molecule has 0 atom stereocenters. The van der Waals surface area contributed by atoms with Gasteiger partial charge in [-0.2, -0.15) is 9.97 Å². The molecule has 1 fully saturated rings. The normalized spacial score (nSPS) is 16.1. The Bertz CT molecular complexity index is 1010. The zero-order valence-corrected chi connectivity index (χ0v) is 17.6. The molecule has 3 aromatic rings. The van der Waals surface area contributed by atoms with E-state index in [0.717, 1.165) is 38.5 Å². The van der Waals surface area contributed by atoms with Crippen LogP contribution in [0.3, 0.4) is 0 Å². The lowest BCUT2D eigenvalue weighted by Crippen LogP contribution is -2.46. The van der Waals surface area contributed by atoms with Gasteiger partial charge in [-0.25, -0.2) is 4.39 Å². The maximum Gasteiger partial charge on any atom is 0.226 e. The molecule has 0 radical (unpaired) electrons. The largest absolute Gasteiger partial charge is 0.343 e. The number of nitrogens with zero attached hydrogens (tertiary/aromatic N) is 4. The molecule has 8 nitrogen and oxygen atoms in total. The van der Waals surface area contributed by atoms with Crippen LogP contribution in [0.25, 0.3) is 11.4 Å². The second-order valence-electron chi connectivity index (χ2n) is 8.05. The van der Waals surface area contributed by atoms with Gasteiger partial charge in [0.15, 0.2) is 5.82 Å². The number of nitrogens with one attached hydrogen (secondary N) is 1. The molecular formula is C22H26FN5O3. The van der Waals surface area contributed by atoms with Crippen molar-refractivity contribution < 1.29 is 18.2 Å². The Morgan fingerprint density at radius 3 is 2.48 bits per heavy atom. The summed E-state index contributed by atoms with van der Waals surface area (Å²) < 4.78 is 23.5. The van der Waals surface area contributed by atoms with Crippen molar-refractivity contribution in [3.8, 4) is 11.4 Å². The van der Waals surface area contributed by atoms with Crippen LogP contribution in [0.4, 0.5) is 4.39 Å². The molecule has 0 unspecified atom stereocenters. The van der Waals surface area contributed by atoms with Gasteiger partial charge in [0.25, 0.3) is 0 Å². The van der Waals surface area contributed by atoms with E-state index in [9.17, 15) is 9.18 Å². The van der Waals surface area contributed by atoms with Crippen LogP contribution in [0, 0.1) is 12.7 Å². The van der Waals surface area contributed by atoms with Gasteiger partial charge in [0, 0.05) is 25.3 Å². The molecule has 0 saturated heterocycles. The summed E-state index contributed by atoms with van der Waals surface area (Å²) in [4.78, 5) is 21.5. The molecule has 9 heteroatoms. The molecular weight excluding hydrogens is 401 g/mol. The number of benzene rings is 1. The lowest BCUT2D eigenvalue weighted by Gasteiger charge is -2.30. The predicted octanol–water partition coefficient (Wildman–Crippen LogP) is 4.26. The molecule has 2 heterocycles. The standard InChI is InChI=1S/C22H26FN5O3/c1-15-24-21(28-30-15)22(13-4-2-3-5-14-22)26-18(29)7-6-8-19-25-20(27-31-19)16-9-11-17(23)12-10-16/h9-12H,2-8,13-14H2,1H3,(H,26,29). The van der Waals surface area contributed by atoms with Crippen molar-refractivity contribution in [3.05, 3.63) is 47.7 Å². The fraction of sp³-hybridized carbons (Fsp3) is 0.500. The topological polar surface area (TPSA) is 107 Å². The first-order valence-corrected chi connectivity index (χ1v) is 10.7. The molecule has 1 N–H and O–H groups in total. The minimum Gasteiger partial charge on any atom is -0.343 e. The molecule has 0 aliphatic heterocycles. The van der Waals surface area contributed by atoms with Crippen molar-refractivity contribution in [1.82, 2.24) is 25.6 Å². The van der Waals surface area contributed by atoms with Gasteiger partial charge in [0.2, 0.25) is 23.5 Å². The summed E-state index contributed by atoms with van der Waals surface area (Å²) >= 11 is 0. The zero-order valence-electron chi connectivity index (χ0n) is 17.6. The highest BCUT2D eigenvalue weighted by Gasteiger charge is 2.38. The number of hydrogen-bond donors (Lipinski definition) is 1. The van der Waals surface area contributed by atoms with Gasteiger partial charge in [-0.3, -0.25) is 4.79 Å². The van der Waals surface area contributed by atoms with Crippen LogP contribution in [-0.2, 0) is 16.8 Å². The average Bonchev–Trinajstić information content (AvgIpc) is 3.34. The molecule has 1 aliphatic carbocycles. The van der Waals surface area contributed by atoms with E-state index in [-0.39, 0.29) is 11.7 Å². The van der Waals surface area contributed by atoms with Crippen molar-refractivity contribution in [2.24, 2.45) is 0 Å². The van der Waals surface area contributed by atoms with Crippen LogP contribution in [-0.4, -0.2) is 26.2 Å². The highest BCUT2D eigenvalue weighted by Crippen LogP contribution is 2.34. The van der Waals surface area contributed by atoms with E-state index in [2.05, 4.69) is 25.6 Å². The number of amides is 1. The number of hydrogen-bond acceptors (Lipinski definition) is 7. The smallest absolute Gasteiger partial charge is 0.226 e. The van der Waals surface area contributed by atoms with E-state index >= 15 is 0 Å². The third-order valence-electron chi connectivity index (χ3n) is 5.66. The summed E-state index contributed by atoms with van der Waals surface area (Å²) in [5.41, 5.74) is 0.117. The number of carbonyl (C=O) groups excluding carboxylic acids is 1. The van der Waals surface area contributed by atoms with Gasteiger partial charge >= 0.3 is 0 Å². The highest BCUT2D eigenvalue weighted by molar-refractivity contribution is 5.76. The monoisotopic (exact) mass is 427 g/mol. The first kappa shape index (κ1) is 21.1. The number of aryl methyl sites for hydroxylation is 2. The van der Waals surface area contributed by atoms with E-state index < -0.39 is 5.54 Å². The summed E-state index contributed by atoms with van der Waals surface area (Å²) in [5.74, 6) is 1.56. The first-order chi connectivity index (χ1) is 15.0. The van der Waals surface area contributed by atoms with Crippen LogP contribution in [0.15, 0.2) is 33.3 Å². The Hall–Kier alpha value is -3.10. The third kappa shape index (κ3) is 5.15. The summed E-state index contributed by atoms with van der Waals surface area (Å²) in [6.45, 7) is 1.76. The van der Waals surface area contributed by atoms with Crippen LogP contribution in [0.1, 0.15) is 69.0 Å². The van der Waals surface area contributed by atoms with Crippen molar-refractivity contribution in [2.45, 2.75) is 70.3 Å². The van der Waals surface area contributed by atoms with E-state index in [1.165, 1.54) is 12.1 Å². The number of carbonyl (C=O) groups is 1. The molecule has 31 heavy (non-hydrogen) atoms. The van der Waals surface area contributed by atoms with Gasteiger partial charge in [-0.05, 0) is 43.5 Å². The molecule has 1 saturated carbocycles. The Morgan fingerprint density at radius 1 is 1.06 bits per heavy atom. The highest BCUT2D eigenvalue weighted by atomic mass is 19.1. The van der Waals surface area contributed by atoms with Gasteiger partial charge in [-0.1, -0.05) is 36.0 Å². The van der Waals surface area contributed by atoms with Crippen molar-refractivity contribution in [3.63, 3.8) is 0 Å². The molecule has 0 bridgehead atoms.